The van der Waals surface area contributed by atoms with Crippen molar-refractivity contribution in [3.63, 3.8) is 0 Å². The van der Waals surface area contributed by atoms with Crippen LogP contribution in [0.4, 0.5) is 0 Å². The van der Waals surface area contributed by atoms with Crippen LogP contribution in [0.15, 0.2) is 24.3 Å². The van der Waals surface area contributed by atoms with Gasteiger partial charge in [0.25, 0.3) is 0 Å². The molecule has 0 aliphatic heterocycles. The zero-order chi connectivity index (χ0) is 14.4. The molecule has 4 nitrogen and oxygen atoms in total. The molecule has 0 unspecified atom stereocenters. The number of amides is 1. The number of halogens is 1. The van der Waals surface area contributed by atoms with Crippen molar-refractivity contribution in [1.29, 1.82) is 0 Å². The lowest BCUT2D eigenvalue weighted by Crippen LogP contribution is -2.38. The molecule has 1 aliphatic rings. The number of benzene rings is 1. The van der Waals surface area contributed by atoms with Gasteiger partial charge >= 0.3 is 0 Å². The van der Waals surface area contributed by atoms with Crippen molar-refractivity contribution >= 4 is 18.3 Å². The molecular formula is C16H25ClN2O2. The van der Waals surface area contributed by atoms with Crippen LogP contribution in [0.2, 0.25) is 0 Å². The molecule has 1 N–H and O–H groups in total. The van der Waals surface area contributed by atoms with Gasteiger partial charge in [0, 0.05) is 7.05 Å². The number of ether oxygens (including phenoxy) is 1. The van der Waals surface area contributed by atoms with E-state index in [9.17, 15) is 4.79 Å². The van der Waals surface area contributed by atoms with E-state index < -0.39 is 0 Å². The Hall–Kier alpha value is -1.26. The minimum atomic E-state index is 0. The summed E-state index contributed by atoms with van der Waals surface area (Å²) in [5, 5.41) is 3.21. The summed E-state index contributed by atoms with van der Waals surface area (Å²) in [4.78, 5) is 13.6. The van der Waals surface area contributed by atoms with Crippen molar-refractivity contribution < 1.29 is 9.53 Å². The maximum atomic E-state index is 11.9. The summed E-state index contributed by atoms with van der Waals surface area (Å²) in [6, 6.07) is 7.92. The molecule has 0 atom stereocenters. The van der Waals surface area contributed by atoms with E-state index in [2.05, 4.69) is 5.32 Å². The zero-order valence-corrected chi connectivity index (χ0v) is 13.6. The van der Waals surface area contributed by atoms with E-state index in [1.54, 1.807) is 4.90 Å². The quantitative estimate of drug-likeness (QED) is 0.800. The summed E-state index contributed by atoms with van der Waals surface area (Å²) in [5.41, 5.74) is 1.12. The van der Waals surface area contributed by atoms with Crippen molar-refractivity contribution in [2.75, 3.05) is 33.3 Å². The lowest BCUT2D eigenvalue weighted by atomic mass is 10.2. The van der Waals surface area contributed by atoms with Crippen LogP contribution in [-0.2, 0) is 4.79 Å². The summed E-state index contributed by atoms with van der Waals surface area (Å²) in [5.74, 6) is 1.82. The van der Waals surface area contributed by atoms with Gasteiger partial charge in [-0.3, -0.25) is 4.79 Å². The molecule has 118 valence electrons. The van der Waals surface area contributed by atoms with Gasteiger partial charge in [0.05, 0.1) is 13.1 Å². The van der Waals surface area contributed by atoms with Crippen LogP contribution in [0.25, 0.3) is 0 Å². The first-order valence-corrected chi connectivity index (χ1v) is 7.30. The normalized spacial score (nSPS) is 13.4. The molecule has 21 heavy (non-hydrogen) atoms. The molecule has 1 fully saturated rings. The van der Waals surface area contributed by atoms with Gasteiger partial charge in [0.1, 0.15) is 12.4 Å². The summed E-state index contributed by atoms with van der Waals surface area (Å²) >= 11 is 0. The molecule has 1 amide bonds. The molecule has 0 aromatic heterocycles. The molecule has 1 aromatic rings. The Balaban J connectivity index is 0.00000220. The van der Waals surface area contributed by atoms with Gasteiger partial charge in [0.2, 0.25) is 5.91 Å². The third-order valence-electron chi connectivity index (χ3n) is 3.61. The largest absolute Gasteiger partial charge is 0.491 e. The summed E-state index contributed by atoms with van der Waals surface area (Å²) in [6.45, 7) is 4.55. The number of carbonyl (C=O) groups is 1. The smallest absolute Gasteiger partial charge is 0.236 e. The van der Waals surface area contributed by atoms with Crippen LogP contribution in [-0.4, -0.2) is 44.1 Å². The third-order valence-corrected chi connectivity index (χ3v) is 3.61. The van der Waals surface area contributed by atoms with Crippen molar-refractivity contribution in [2.45, 2.75) is 19.8 Å². The second kappa shape index (κ2) is 8.90. The van der Waals surface area contributed by atoms with Crippen molar-refractivity contribution in [1.82, 2.24) is 10.2 Å². The summed E-state index contributed by atoms with van der Waals surface area (Å²) in [6.07, 6.45) is 2.61. The molecule has 0 heterocycles. The fourth-order valence-electron chi connectivity index (χ4n) is 1.98. The van der Waals surface area contributed by atoms with E-state index >= 15 is 0 Å². The Labute approximate surface area is 133 Å². The topological polar surface area (TPSA) is 41.6 Å². The molecule has 0 saturated heterocycles. The van der Waals surface area contributed by atoms with Gasteiger partial charge in [-0.2, -0.15) is 0 Å². The SMILES string of the molecule is Cc1ccccc1OCCN(C)C(=O)CNCC1CC1.Cl. The molecule has 0 bridgehead atoms. The highest BCUT2D eigenvalue weighted by Crippen LogP contribution is 2.27. The van der Waals surface area contributed by atoms with Gasteiger partial charge < -0.3 is 15.0 Å². The van der Waals surface area contributed by atoms with Gasteiger partial charge in [-0.15, -0.1) is 12.4 Å². The number of hydrogen-bond donors (Lipinski definition) is 1. The molecule has 1 saturated carbocycles. The fourth-order valence-corrected chi connectivity index (χ4v) is 1.98. The Morgan fingerprint density at radius 2 is 2.10 bits per heavy atom. The lowest BCUT2D eigenvalue weighted by molar-refractivity contribution is -0.129. The van der Waals surface area contributed by atoms with Crippen LogP contribution in [0.5, 0.6) is 5.75 Å². The highest BCUT2D eigenvalue weighted by Gasteiger charge is 2.20. The first-order valence-electron chi connectivity index (χ1n) is 7.30. The van der Waals surface area contributed by atoms with Crippen molar-refractivity contribution in [2.24, 2.45) is 5.92 Å². The number of likely N-dealkylation sites (N-methyl/N-ethyl adjacent to an activating group) is 1. The van der Waals surface area contributed by atoms with Crippen LogP contribution in [0.3, 0.4) is 0 Å². The first kappa shape index (κ1) is 17.8. The Morgan fingerprint density at radius 1 is 1.38 bits per heavy atom. The van der Waals surface area contributed by atoms with E-state index in [1.165, 1.54) is 12.8 Å². The number of rotatable bonds is 8. The predicted octanol–water partition coefficient (Wildman–Crippen LogP) is 2.25. The molecule has 2 rings (SSSR count). The van der Waals surface area contributed by atoms with Crippen molar-refractivity contribution in [3.8, 4) is 5.75 Å². The number of aryl methyl sites for hydroxylation is 1. The lowest BCUT2D eigenvalue weighted by Gasteiger charge is -2.18. The van der Waals surface area contributed by atoms with Crippen LogP contribution >= 0.6 is 12.4 Å². The average molecular weight is 313 g/mol. The highest BCUT2D eigenvalue weighted by atomic mass is 35.5. The number of carbonyl (C=O) groups excluding carboxylic acids is 1. The maximum Gasteiger partial charge on any atom is 0.236 e. The molecule has 5 heteroatoms. The second-order valence-electron chi connectivity index (χ2n) is 5.50. The number of para-hydroxylation sites is 1. The van der Waals surface area contributed by atoms with E-state index in [-0.39, 0.29) is 18.3 Å². The second-order valence-corrected chi connectivity index (χ2v) is 5.50. The molecule has 1 aromatic carbocycles. The van der Waals surface area contributed by atoms with E-state index in [4.69, 9.17) is 4.74 Å². The molecule has 0 radical (unpaired) electrons. The van der Waals surface area contributed by atoms with Gasteiger partial charge in [-0.25, -0.2) is 0 Å². The first-order chi connectivity index (χ1) is 9.66. The number of nitrogens with zero attached hydrogens (tertiary/aromatic N) is 1. The minimum Gasteiger partial charge on any atom is -0.491 e. The van der Waals surface area contributed by atoms with Crippen LogP contribution < -0.4 is 10.1 Å². The number of hydrogen-bond acceptors (Lipinski definition) is 3. The molecule has 0 spiro atoms. The van der Waals surface area contributed by atoms with E-state index in [1.807, 2.05) is 38.2 Å². The Kier molecular flexibility index (Phi) is 7.54. The van der Waals surface area contributed by atoms with Gasteiger partial charge in [-0.1, -0.05) is 18.2 Å². The monoisotopic (exact) mass is 312 g/mol. The predicted molar refractivity (Wildman–Crippen MR) is 87.2 cm³/mol. The zero-order valence-electron chi connectivity index (χ0n) is 12.8. The Morgan fingerprint density at radius 3 is 2.76 bits per heavy atom. The third kappa shape index (κ3) is 6.36. The molecule has 1 aliphatic carbocycles. The van der Waals surface area contributed by atoms with Crippen LogP contribution in [0, 0.1) is 12.8 Å². The standard InChI is InChI=1S/C16H24N2O2.ClH/c1-13-5-3-4-6-15(13)20-10-9-18(2)16(19)12-17-11-14-7-8-14;/h3-6,14,17H,7-12H2,1-2H3;1H. The highest BCUT2D eigenvalue weighted by molar-refractivity contribution is 5.85. The van der Waals surface area contributed by atoms with E-state index in [0.29, 0.717) is 19.7 Å². The minimum absolute atomic E-state index is 0. The molecular weight excluding hydrogens is 288 g/mol. The summed E-state index contributed by atoms with van der Waals surface area (Å²) in [7, 11) is 1.82. The van der Waals surface area contributed by atoms with Crippen molar-refractivity contribution in [3.05, 3.63) is 29.8 Å². The van der Waals surface area contributed by atoms with E-state index in [0.717, 1.165) is 23.8 Å². The van der Waals surface area contributed by atoms with Crippen LogP contribution in [0.1, 0.15) is 18.4 Å². The van der Waals surface area contributed by atoms with Gasteiger partial charge in [0.15, 0.2) is 0 Å². The summed E-state index contributed by atoms with van der Waals surface area (Å²) < 4.78 is 5.70. The Bertz CT molecular complexity index is 450. The number of nitrogens with one attached hydrogen (secondary N) is 1. The average Bonchev–Trinajstić information content (AvgIpc) is 3.25. The fraction of sp³-hybridized carbons (Fsp3) is 0.562. The maximum absolute atomic E-state index is 11.9. The van der Waals surface area contributed by atoms with Gasteiger partial charge in [-0.05, 0) is 43.9 Å².